The largest absolute Gasteiger partial charge is 0.493 e. The third kappa shape index (κ3) is 2.63. The number of aliphatic hydroxyl groups excluding tert-OH is 1. The number of fused-ring (bicyclic) bond motifs is 1. The van der Waals surface area contributed by atoms with E-state index in [1.54, 1.807) is 0 Å². The van der Waals surface area contributed by atoms with Gasteiger partial charge in [-0.3, -0.25) is 9.10 Å². The molecule has 0 aromatic heterocycles. The van der Waals surface area contributed by atoms with Crippen LogP contribution in [-0.2, 0) is 21.4 Å². The first-order valence-electron chi connectivity index (χ1n) is 7.42. The number of nitrogens with one attached hydrogen (secondary N) is 1. The molecule has 2 heterocycles. The van der Waals surface area contributed by atoms with Gasteiger partial charge in [0.05, 0.1) is 0 Å². The summed E-state index contributed by atoms with van der Waals surface area (Å²) in [5, 5.41) is 12.2. The molecule has 23 heavy (non-hydrogen) atoms. The van der Waals surface area contributed by atoms with Gasteiger partial charge in [0.25, 0.3) is 15.9 Å². The molecule has 0 aliphatic carbocycles. The molecule has 124 valence electrons. The molecule has 0 spiro atoms. The highest BCUT2D eigenvalue weighted by Gasteiger charge is 2.47. The third-order valence-electron chi connectivity index (χ3n) is 4.23. The summed E-state index contributed by atoms with van der Waals surface area (Å²) in [6, 6.07) is 9.28. The molecule has 1 unspecified atom stereocenters. The number of amides is 1. The van der Waals surface area contributed by atoms with E-state index in [1.165, 1.54) is 11.9 Å². The second kappa shape index (κ2) is 5.77. The average molecular weight is 337 g/mol. The van der Waals surface area contributed by atoms with E-state index in [0.29, 0.717) is 19.4 Å². The van der Waals surface area contributed by atoms with Crippen molar-refractivity contribution >= 4 is 15.9 Å². The highest BCUT2D eigenvalue weighted by atomic mass is 32.2. The fourth-order valence-corrected chi connectivity index (χ4v) is 4.76. The summed E-state index contributed by atoms with van der Waals surface area (Å²) in [6.07, 6.45) is 1.12. The minimum absolute atomic E-state index is 0.223. The molecule has 0 radical (unpaired) electrons. The van der Waals surface area contributed by atoms with E-state index in [0.717, 1.165) is 9.87 Å². The number of aliphatic hydroxyl groups is 1. The number of carbonyl (C=O) groups is 1. The lowest BCUT2D eigenvalue weighted by Gasteiger charge is -2.37. The van der Waals surface area contributed by atoms with Gasteiger partial charge in [-0.1, -0.05) is 30.3 Å². The SMILES string of the molecule is CN1C(C(=O)NCc2ccccc2)=C(O)N2CCCC2S1(=O)=O. The van der Waals surface area contributed by atoms with E-state index in [1.807, 2.05) is 30.3 Å². The molecule has 2 aliphatic heterocycles. The Morgan fingerprint density at radius 1 is 1.35 bits per heavy atom. The van der Waals surface area contributed by atoms with E-state index in [4.69, 9.17) is 0 Å². The van der Waals surface area contributed by atoms with E-state index < -0.39 is 21.3 Å². The van der Waals surface area contributed by atoms with Crippen LogP contribution in [0.5, 0.6) is 0 Å². The Morgan fingerprint density at radius 3 is 2.74 bits per heavy atom. The number of benzene rings is 1. The molecule has 2 aliphatic rings. The number of hydrogen-bond acceptors (Lipinski definition) is 5. The number of rotatable bonds is 3. The minimum Gasteiger partial charge on any atom is -0.493 e. The van der Waals surface area contributed by atoms with Gasteiger partial charge in [0, 0.05) is 20.1 Å². The fraction of sp³-hybridized carbons (Fsp3) is 0.400. The zero-order chi connectivity index (χ0) is 16.6. The molecular weight excluding hydrogens is 318 g/mol. The van der Waals surface area contributed by atoms with Gasteiger partial charge in [0.15, 0.2) is 11.1 Å². The van der Waals surface area contributed by atoms with Crippen molar-refractivity contribution in [2.75, 3.05) is 13.6 Å². The first kappa shape index (κ1) is 15.7. The third-order valence-corrected chi connectivity index (χ3v) is 6.36. The van der Waals surface area contributed by atoms with E-state index in [9.17, 15) is 18.3 Å². The zero-order valence-corrected chi connectivity index (χ0v) is 13.6. The zero-order valence-electron chi connectivity index (χ0n) is 12.8. The van der Waals surface area contributed by atoms with Crippen LogP contribution in [0.3, 0.4) is 0 Å². The lowest BCUT2D eigenvalue weighted by Crippen LogP contribution is -2.51. The van der Waals surface area contributed by atoms with Gasteiger partial charge < -0.3 is 15.3 Å². The summed E-state index contributed by atoms with van der Waals surface area (Å²) < 4.78 is 25.9. The maximum absolute atomic E-state index is 12.5. The lowest BCUT2D eigenvalue weighted by atomic mass is 10.2. The maximum atomic E-state index is 12.5. The smallest absolute Gasteiger partial charge is 0.274 e. The Labute approximate surface area is 135 Å². The number of likely N-dealkylation sites (N-methyl/N-ethyl adjacent to an activating group) is 1. The van der Waals surface area contributed by atoms with E-state index in [2.05, 4.69) is 5.32 Å². The van der Waals surface area contributed by atoms with Crippen molar-refractivity contribution in [3.05, 3.63) is 47.5 Å². The van der Waals surface area contributed by atoms with Crippen molar-refractivity contribution < 1.29 is 18.3 Å². The molecule has 0 bridgehead atoms. The van der Waals surface area contributed by atoms with Crippen molar-refractivity contribution in [1.29, 1.82) is 0 Å². The molecule has 1 fully saturated rings. The fourth-order valence-electron chi connectivity index (χ4n) is 2.98. The molecule has 1 atom stereocenters. The number of carbonyl (C=O) groups excluding carboxylic acids is 1. The number of sulfonamides is 1. The molecule has 3 rings (SSSR count). The van der Waals surface area contributed by atoms with Gasteiger partial charge in [-0.15, -0.1) is 0 Å². The molecule has 7 nitrogen and oxygen atoms in total. The predicted octanol–water partition coefficient (Wildman–Crippen LogP) is 0.727. The van der Waals surface area contributed by atoms with Gasteiger partial charge in [0.1, 0.15) is 0 Å². The minimum atomic E-state index is -3.67. The van der Waals surface area contributed by atoms with Gasteiger partial charge >= 0.3 is 0 Å². The Bertz CT molecular complexity index is 745. The summed E-state index contributed by atoms with van der Waals surface area (Å²) in [5.41, 5.74) is 0.667. The average Bonchev–Trinajstić information content (AvgIpc) is 3.03. The van der Waals surface area contributed by atoms with Crippen LogP contribution >= 0.6 is 0 Å². The number of hydrogen-bond donors (Lipinski definition) is 2. The molecular formula is C15H19N3O4S. The Hall–Kier alpha value is -2.22. The van der Waals surface area contributed by atoms with Crippen LogP contribution in [0, 0.1) is 0 Å². The Morgan fingerprint density at radius 2 is 2.04 bits per heavy atom. The van der Waals surface area contributed by atoms with Crippen LogP contribution in [0.25, 0.3) is 0 Å². The van der Waals surface area contributed by atoms with Crippen molar-refractivity contribution in [2.24, 2.45) is 0 Å². The molecule has 1 aromatic carbocycles. The van der Waals surface area contributed by atoms with E-state index in [-0.39, 0.29) is 18.1 Å². The second-order valence-corrected chi connectivity index (χ2v) is 7.77. The van der Waals surface area contributed by atoms with Gasteiger partial charge in [-0.05, 0) is 18.4 Å². The van der Waals surface area contributed by atoms with Gasteiger partial charge in [-0.25, -0.2) is 8.42 Å². The van der Waals surface area contributed by atoms with Gasteiger partial charge in [0.2, 0.25) is 5.88 Å². The first-order chi connectivity index (χ1) is 10.9. The van der Waals surface area contributed by atoms with Crippen molar-refractivity contribution in [3.8, 4) is 0 Å². The van der Waals surface area contributed by atoms with Crippen LogP contribution in [0.4, 0.5) is 0 Å². The van der Waals surface area contributed by atoms with Crippen LogP contribution in [0.1, 0.15) is 18.4 Å². The second-order valence-electron chi connectivity index (χ2n) is 5.64. The van der Waals surface area contributed by atoms with Crippen LogP contribution in [0.2, 0.25) is 0 Å². The molecule has 2 N–H and O–H groups in total. The normalized spacial score (nSPS) is 22.9. The topological polar surface area (TPSA) is 90.0 Å². The van der Waals surface area contributed by atoms with Crippen LogP contribution in [0.15, 0.2) is 41.9 Å². The summed E-state index contributed by atoms with van der Waals surface area (Å²) in [6.45, 7) is 0.687. The van der Waals surface area contributed by atoms with Crippen LogP contribution < -0.4 is 5.32 Å². The van der Waals surface area contributed by atoms with Crippen molar-refractivity contribution in [2.45, 2.75) is 24.8 Å². The van der Waals surface area contributed by atoms with Crippen molar-refractivity contribution in [3.63, 3.8) is 0 Å². The predicted molar refractivity (Wildman–Crippen MR) is 84.4 cm³/mol. The monoisotopic (exact) mass is 337 g/mol. The summed E-state index contributed by atoms with van der Waals surface area (Å²) >= 11 is 0. The van der Waals surface area contributed by atoms with Gasteiger partial charge in [-0.2, -0.15) is 0 Å². The summed E-state index contributed by atoms with van der Waals surface area (Å²) in [4.78, 5) is 13.8. The Balaban J connectivity index is 1.85. The molecule has 0 saturated carbocycles. The van der Waals surface area contributed by atoms with Crippen LogP contribution in [-0.4, -0.2) is 47.6 Å². The van der Waals surface area contributed by atoms with Crippen molar-refractivity contribution in [1.82, 2.24) is 14.5 Å². The quantitative estimate of drug-likeness (QED) is 0.848. The highest BCUT2D eigenvalue weighted by molar-refractivity contribution is 7.89. The molecule has 1 saturated heterocycles. The summed E-state index contributed by atoms with van der Waals surface area (Å²) in [7, 11) is -2.36. The molecule has 1 aromatic rings. The number of nitrogens with zero attached hydrogens (tertiary/aromatic N) is 2. The Kier molecular flexibility index (Phi) is 3.93. The standard InChI is InChI=1S/C15H19N3O4S/c1-17-13(14(19)16-10-11-6-3-2-4-7-11)15(20)18-9-5-8-12(18)23(17,21)22/h2-4,6-7,12,20H,5,8-10H2,1H3,(H,16,19). The first-order valence-corrected chi connectivity index (χ1v) is 8.93. The lowest BCUT2D eigenvalue weighted by molar-refractivity contribution is -0.119. The molecule has 8 heteroatoms. The highest BCUT2D eigenvalue weighted by Crippen LogP contribution is 2.34. The molecule has 1 amide bonds. The summed E-state index contributed by atoms with van der Waals surface area (Å²) in [5.74, 6) is -0.877. The maximum Gasteiger partial charge on any atom is 0.274 e. The van der Waals surface area contributed by atoms with E-state index >= 15 is 0 Å².